The van der Waals surface area contributed by atoms with Gasteiger partial charge in [-0.1, -0.05) is 24.8 Å². The molecule has 7 heavy (non-hydrogen) atoms. The van der Waals surface area contributed by atoms with Crippen molar-refractivity contribution in [3.05, 3.63) is 24.8 Å². The lowest BCUT2D eigenvalue weighted by atomic mass is 10.5. The number of rotatable bonds is 3. The smallest absolute Gasteiger partial charge is 0.0281 e. The zero-order valence-electron chi connectivity index (χ0n) is 4.22. The Kier molecular flexibility index (Phi) is 4.94. The second-order valence-corrected chi connectivity index (χ2v) is 1.07. The second kappa shape index (κ2) is 5.40. The number of nitrogens with two attached hydrogens (primary N) is 1. The van der Waals surface area contributed by atoms with E-state index in [4.69, 9.17) is 5.84 Å². The predicted octanol–water partition coefficient (Wildman–Crippen LogP) is 0.192. The molecular weight excluding hydrogens is 88.1 g/mol. The van der Waals surface area contributed by atoms with Gasteiger partial charge < -0.3 is 0 Å². The number of hydrogen-bond acceptors (Lipinski definition) is 2. The molecule has 0 saturated heterocycles. The highest BCUT2D eigenvalue weighted by Gasteiger charge is 1.62. The first-order valence-electron chi connectivity index (χ1n) is 2.13. The summed E-state index contributed by atoms with van der Waals surface area (Å²) in [6.07, 6.45) is 5.42. The average molecular weight is 98.1 g/mol. The fourth-order valence-corrected chi connectivity index (χ4v) is 0.232. The molecule has 0 aliphatic heterocycles. The molecule has 0 aliphatic rings. The third-order valence-corrected chi connectivity index (χ3v) is 0.508. The van der Waals surface area contributed by atoms with Gasteiger partial charge in [0.05, 0.1) is 0 Å². The van der Waals surface area contributed by atoms with Crippen LogP contribution in [0.15, 0.2) is 24.8 Å². The highest BCUT2D eigenvalue weighted by molar-refractivity contribution is 4.97. The van der Waals surface area contributed by atoms with Crippen LogP contribution in [0.2, 0.25) is 0 Å². The molecule has 0 aromatic heterocycles. The lowest BCUT2D eigenvalue weighted by Gasteiger charge is -1.82. The van der Waals surface area contributed by atoms with Crippen LogP contribution >= 0.6 is 0 Å². The molecule has 2 heteroatoms. The van der Waals surface area contributed by atoms with Crippen LogP contribution in [0.3, 0.4) is 0 Å². The predicted molar refractivity (Wildman–Crippen MR) is 31.5 cm³/mol. The van der Waals surface area contributed by atoms with Crippen molar-refractivity contribution in [2.45, 2.75) is 0 Å². The van der Waals surface area contributed by atoms with E-state index in [0.717, 1.165) is 0 Å². The Morgan fingerprint density at radius 3 is 2.86 bits per heavy atom. The standard InChI is InChI=1S/C5H10N2/c1-2-3-4-5-7-6/h2-4,7H,1,5-6H2/b4-3+. The summed E-state index contributed by atoms with van der Waals surface area (Å²) >= 11 is 0. The van der Waals surface area contributed by atoms with Crippen molar-refractivity contribution in [3.8, 4) is 0 Å². The summed E-state index contributed by atoms with van der Waals surface area (Å²) in [5, 5.41) is 0. The first-order valence-corrected chi connectivity index (χ1v) is 2.13. The van der Waals surface area contributed by atoms with E-state index in [1.807, 2.05) is 12.2 Å². The molecule has 0 heterocycles. The molecular formula is C5H10N2. The van der Waals surface area contributed by atoms with E-state index in [1.165, 1.54) is 0 Å². The molecule has 0 unspecified atom stereocenters. The monoisotopic (exact) mass is 98.1 g/mol. The highest BCUT2D eigenvalue weighted by Crippen LogP contribution is 1.66. The summed E-state index contributed by atoms with van der Waals surface area (Å²) in [4.78, 5) is 0. The molecule has 0 aromatic rings. The Morgan fingerprint density at radius 2 is 2.43 bits per heavy atom. The molecule has 2 nitrogen and oxygen atoms in total. The first kappa shape index (κ1) is 6.40. The van der Waals surface area contributed by atoms with Gasteiger partial charge in [0.25, 0.3) is 0 Å². The minimum Gasteiger partial charge on any atom is -0.271 e. The van der Waals surface area contributed by atoms with Crippen LogP contribution in [0.1, 0.15) is 0 Å². The number of nitrogens with one attached hydrogen (secondary N) is 1. The normalized spacial score (nSPS) is 9.86. The Morgan fingerprint density at radius 1 is 1.71 bits per heavy atom. The van der Waals surface area contributed by atoms with Gasteiger partial charge in [0.1, 0.15) is 0 Å². The Labute approximate surface area is 43.7 Å². The maximum absolute atomic E-state index is 4.93. The van der Waals surface area contributed by atoms with Gasteiger partial charge in [0.15, 0.2) is 0 Å². The van der Waals surface area contributed by atoms with E-state index in [0.29, 0.717) is 6.54 Å². The van der Waals surface area contributed by atoms with Crippen LogP contribution < -0.4 is 11.3 Å². The van der Waals surface area contributed by atoms with E-state index in [-0.39, 0.29) is 0 Å². The number of hydrazine groups is 1. The fraction of sp³-hybridized carbons (Fsp3) is 0.200. The van der Waals surface area contributed by atoms with Gasteiger partial charge in [0.2, 0.25) is 0 Å². The van der Waals surface area contributed by atoms with Gasteiger partial charge in [-0.15, -0.1) is 0 Å². The zero-order valence-corrected chi connectivity index (χ0v) is 4.22. The molecule has 40 valence electrons. The van der Waals surface area contributed by atoms with Crippen molar-refractivity contribution in [2.75, 3.05) is 6.54 Å². The molecule has 0 spiro atoms. The molecule has 0 saturated carbocycles. The third kappa shape index (κ3) is 5.40. The van der Waals surface area contributed by atoms with Crippen LogP contribution in [0, 0.1) is 0 Å². The topological polar surface area (TPSA) is 38.0 Å². The molecule has 3 N–H and O–H groups in total. The number of hydrogen-bond donors (Lipinski definition) is 2. The molecule has 0 radical (unpaired) electrons. The molecule has 0 aromatic carbocycles. The van der Waals surface area contributed by atoms with Crippen molar-refractivity contribution in [3.63, 3.8) is 0 Å². The van der Waals surface area contributed by atoms with Crippen molar-refractivity contribution >= 4 is 0 Å². The summed E-state index contributed by atoms with van der Waals surface area (Å²) in [7, 11) is 0. The van der Waals surface area contributed by atoms with Crippen LogP contribution in [-0.4, -0.2) is 6.54 Å². The Bertz CT molecular complexity index is 66.5. The summed E-state index contributed by atoms with van der Waals surface area (Å²) in [6.45, 7) is 4.18. The van der Waals surface area contributed by atoms with Crippen LogP contribution in [0.25, 0.3) is 0 Å². The van der Waals surface area contributed by atoms with Gasteiger partial charge in [-0.3, -0.25) is 11.3 Å². The van der Waals surface area contributed by atoms with Crippen LogP contribution in [0.5, 0.6) is 0 Å². The molecule has 0 rings (SSSR count). The maximum Gasteiger partial charge on any atom is 0.0281 e. The summed E-state index contributed by atoms with van der Waals surface area (Å²) in [5.41, 5.74) is 2.47. The highest BCUT2D eigenvalue weighted by atomic mass is 15.2. The minimum absolute atomic E-state index is 0.700. The lowest BCUT2D eigenvalue weighted by molar-refractivity contribution is 0.823. The van der Waals surface area contributed by atoms with Gasteiger partial charge in [-0.25, -0.2) is 0 Å². The molecule has 0 atom stereocenters. The van der Waals surface area contributed by atoms with Gasteiger partial charge >= 0.3 is 0 Å². The quantitative estimate of drug-likeness (QED) is 0.300. The van der Waals surface area contributed by atoms with E-state index >= 15 is 0 Å². The SMILES string of the molecule is C=C/C=C/CNN. The van der Waals surface area contributed by atoms with Crippen molar-refractivity contribution in [1.82, 2.24) is 5.43 Å². The lowest BCUT2D eigenvalue weighted by Crippen LogP contribution is -2.21. The van der Waals surface area contributed by atoms with E-state index < -0.39 is 0 Å². The van der Waals surface area contributed by atoms with E-state index in [9.17, 15) is 0 Å². The molecule has 0 bridgehead atoms. The minimum atomic E-state index is 0.700. The van der Waals surface area contributed by atoms with E-state index in [1.54, 1.807) is 6.08 Å². The fourth-order valence-electron chi connectivity index (χ4n) is 0.232. The van der Waals surface area contributed by atoms with Crippen LogP contribution in [0.4, 0.5) is 0 Å². The van der Waals surface area contributed by atoms with Crippen molar-refractivity contribution in [2.24, 2.45) is 5.84 Å². The largest absolute Gasteiger partial charge is 0.271 e. The molecule has 0 fully saturated rings. The Balaban J connectivity index is 2.92. The second-order valence-electron chi connectivity index (χ2n) is 1.07. The van der Waals surface area contributed by atoms with Gasteiger partial charge in [0, 0.05) is 6.54 Å². The average Bonchev–Trinajstić information content (AvgIpc) is 1.69. The summed E-state index contributed by atoms with van der Waals surface area (Å²) < 4.78 is 0. The van der Waals surface area contributed by atoms with Gasteiger partial charge in [-0.05, 0) is 0 Å². The van der Waals surface area contributed by atoms with Gasteiger partial charge in [-0.2, -0.15) is 0 Å². The maximum atomic E-state index is 4.93. The van der Waals surface area contributed by atoms with Crippen molar-refractivity contribution < 1.29 is 0 Å². The first-order chi connectivity index (χ1) is 3.41. The summed E-state index contributed by atoms with van der Waals surface area (Å²) in [5.74, 6) is 4.93. The summed E-state index contributed by atoms with van der Waals surface area (Å²) in [6, 6.07) is 0. The molecule has 0 aliphatic carbocycles. The van der Waals surface area contributed by atoms with E-state index in [2.05, 4.69) is 12.0 Å². The van der Waals surface area contributed by atoms with Crippen LogP contribution in [-0.2, 0) is 0 Å². The zero-order chi connectivity index (χ0) is 5.54. The van der Waals surface area contributed by atoms with Crippen molar-refractivity contribution in [1.29, 1.82) is 0 Å². The third-order valence-electron chi connectivity index (χ3n) is 0.508. The molecule has 0 amide bonds. The number of allylic oxidation sites excluding steroid dienone is 2. The Hall–Kier alpha value is -0.600.